The second-order valence-corrected chi connectivity index (χ2v) is 7.40. The predicted molar refractivity (Wildman–Crippen MR) is 112 cm³/mol. The zero-order valence-electron chi connectivity index (χ0n) is 15.2. The lowest BCUT2D eigenvalue weighted by Gasteiger charge is -2.23. The fourth-order valence-corrected chi connectivity index (χ4v) is 2.77. The summed E-state index contributed by atoms with van der Waals surface area (Å²) >= 11 is 11.9. The van der Waals surface area contributed by atoms with E-state index in [9.17, 15) is 19.2 Å². The van der Waals surface area contributed by atoms with Gasteiger partial charge in [-0.2, -0.15) is 37.9 Å². The Balaban J connectivity index is 4.88. The summed E-state index contributed by atoms with van der Waals surface area (Å²) in [6.45, 7) is 3.84. The van der Waals surface area contributed by atoms with Crippen LogP contribution >= 0.6 is 37.9 Å². The van der Waals surface area contributed by atoms with Crippen LogP contribution in [0.2, 0.25) is 0 Å². The summed E-state index contributed by atoms with van der Waals surface area (Å²) in [6.07, 6.45) is 0.453. The second kappa shape index (κ2) is 13.1. The molecule has 0 saturated carbocycles. The third-order valence-corrected chi connectivity index (χ3v) is 4.59. The van der Waals surface area contributed by atoms with Crippen LogP contribution in [0.25, 0.3) is 0 Å². The Kier molecular flexibility index (Phi) is 12.6. The molecule has 0 bridgehead atoms. The number of rotatable bonds is 12. The van der Waals surface area contributed by atoms with E-state index < -0.39 is 47.9 Å². The maximum absolute atomic E-state index is 12.4. The van der Waals surface area contributed by atoms with E-state index in [1.807, 2.05) is 13.8 Å². The van der Waals surface area contributed by atoms with Crippen LogP contribution in [0, 0.1) is 5.92 Å². The molecule has 0 aliphatic carbocycles. The van der Waals surface area contributed by atoms with E-state index in [1.165, 1.54) is 0 Å². The van der Waals surface area contributed by atoms with Gasteiger partial charge in [-0.05, 0) is 12.3 Å². The van der Waals surface area contributed by atoms with Gasteiger partial charge in [0.1, 0.15) is 18.1 Å². The summed E-state index contributed by atoms with van der Waals surface area (Å²) in [5.41, 5.74) is 5.79. The zero-order valence-corrected chi connectivity index (χ0v) is 17.9. The van der Waals surface area contributed by atoms with Gasteiger partial charge in [0.2, 0.25) is 17.7 Å². The van der Waals surface area contributed by atoms with E-state index in [2.05, 4.69) is 53.8 Å². The monoisotopic (exact) mass is 440 g/mol. The van der Waals surface area contributed by atoms with Gasteiger partial charge in [-0.3, -0.25) is 14.4 Å². The van der Waals surface area contributed by atoms with Gasteiger partial charge in [0, 0.05) is 17.3 Å². The largest absolute Gasteiger partial charge is 0.480 e. The number of hydrogen-bond donors (Lipinski definition) is 8. The van der Waals surface area contributed by atoms with Crippen LogP contribution in [0.4, 0.5) is 0 Å². The fourth-order valence-electron chi connectivity index (χ4n) is 2.01. The molecule has 0 aromatic heterocycles. The molecule has 156 valence electrons. The van der Waals surface area contributed by atoms with Crippen LogP contribution in [-0.2, 0) is 19.2 Å². The van der Waals surface area contributed by atoms with Crippen LogP contribution < -0.4 is 21.7 Å². The fraction of sp³-hybridized carbons (Fsp3) is 0.733. The van der Waals surface area contributed by atoms with Crippen LogP contribution in [0.15, 0.2) is 0 Å². The van der Waals surface area contributed by atoms with Gasteiger partial charge in [-0.15, -0.1) is 0 Å². The van der Waals surface area contributed by atoms with Crippen molar-refractivity contribution in [1.82, 2.24) is 16.0 Å². The highest BCUT2D eigenvalue weighted by Gasteiger charge is 2.28. The van der Waals surface area contributed by atoms with Gasteiger partial charge in [0.15, 0.2) is 0 Å². The summed E-state index contributed by atoms with van der Waals surface area (Å²) in [4.78, 5) is 47.6. The third-order valence-electron chi connectivity index (χ3n) is 3.49. The van der Waals surface area contributed by atoms with Gasteiger partial charge in [-0.25, -0.2) is 4.79 Å². The molecule has 0 rings (SSSR count). The van der Waals surface area contributed by atoms with Crippen molar-refractivity contribution in [3.8, 4) is 0 Å². The summed E-state index contributed by atoms with van der Waals surface area (Å²) in [5.74, 6) is -3.11. The zero-order chi connectivity index (χ0) is 21.1. The average molecular weight is 441 g/mol. The number of aliphatic carboxylic acids is 1. The molecule has 0 heterocycles. The third kappa shape index (κ3) is 9.58. The number of nitrogens with one attached hydrogen (secondary N) is 3. The maximum atomic E-state index is 12.4. The number of hydrogen-bond acceptors (Lipinski definition) is 8. The first-order chi connectivity index (χ1) is 12.6. The molecule has 6 N–H and O–H groups in total. The molecule has 0 spiro atoms. The van der Waals surface area contributed by atoms with E-state index >= 15 is 0 Å². The Morgan fingerprint density at radius 3 is 1.52 bits per heavy atom. The van der Waals surface area contributed by atoms with Crippen LogP contribution in [0.1, 0.15) is 20.3 Å². The van der Waals surface area contributed by atoms with Crippen LogP contribution in [-0.4, -0.2) is 70.2 Å². The molecular weight excluding hydrogens is 412 g/mol. The molecule has 0 aromatic rings. The van der Waals surface area contributed by atoms with Crippen LogP contribution in [0.5, 0.6) is 0 Å². The first-order valence-corrected chi connectivity index (χ1v) is 10.2. The number of carboxylic acids is 1. The smallest absolute Gasteiger partial charge is 0.327 e. The molecular formula is C15H28N4O5S3. The molecule has 0 fully saturated rings. The molecule has 27 heavy (non-hydrogen) atoms. The minimum Gasteiger partial charge on any atom is -0.480 e. The summed E-state index contributed by atoms with van der Waals surface area (Å²) in [7, 11) is 0. The van der Waals surface area contributed by atoms with Crippen LogP contribution in [0.3, 0.4) is 0 Å². The van der Waals surface area contributed by atoms with E-state index in [-0.39, 0.29) is 23.2 Å². The van der Waals surface area contributed by atoms with Gasteiger partial charge in [0.05, 0.1) is 6.04 Å². The van der Waals surface area contributed by atoms with Crippen molar-refractivity contribution in [3.63, 3.8) is 0 Å². The van der Waals surface area contributed by atoms with Gasteiger partial charge >= 0.3 is 5.97 Å². The topological polar surface area (TPSA) is 151 Å². The Morgan fingerprint density at radius 1 is 0.815 bits per heavy atom. The number of carbonyl (C=O) groups excluding carboxylic acids is 3. The van der Waals surface area contributed by atoms with Crippen molar-refractivity contribution in [2.45, 2.75) is 44.4 Å². The number of carboxylic acid groups (broad SMARTS) is 1. The van der Waals surface area contributed by atoms with E-state index in [0.29, 0.717) is 6.42 Å². The molecule has 12 heteroatoms. The Hall–Kier alpha value is -1.11. The van der Waals surface area contributed by atoms with Gasteiger partial charge in [-0.1, -0.05) is 13.8 Å². The van der Waals surface area contributed by atoms with Crippen molar-refractivity contribution in [2.24, 2.45) is 11.7 Å². The first kappa shape index (κ1) is 25.9. The number of carbonyl (C=O) groups is 4. The number of nitrogens with two attached hydrogens (primary N) is 1. The normalized spacial score (nSPS) is 15.4. The Labute approximate surface area is 175 Å². The summed E-state index contributed by atoms with van der Waals surface area (Å²) in [5, 5.41) is 16.1. The second-order valence-electron chi connectivity index (χ2n) is 6.31. The average Bonchev–Trinajstić information content (AvgIpc) is 2.60. The quantitative estimate of drug-likeness (QED) is 0.177. The Bertz CT molecular complexity index is 536. The first-order valence-electron chi connectivity index (χ1n) is 8.29. The van der Waals surface area contributed by atoms with Crippen molar-refractivity contribution in [1.29, 1.82) is 0 Å². The number of amides is 3. The molecule has 0 aromatic carbocycles. The lowest BCUT2D eigenvalue weighted by Crippen LogP contribution is -2.58. The summed E-state index contributed by atoms with van der Waals surface area (Å²) in [6, 6.07) is -4.06. The molecule has 4 atom stereocenters. The van der Waals surface area contributed by atoms with Crippen molar-refractivity contribution >= 4 is 61.6 Å². The maximum Gasteiger partial charge on any atom is 0.327 e. The van der Waals surface area contributed by atoms with Gasteiger partial charge < -0.3 is 26.8 Å². The molecule has 0 aliphatic heterocycles. The highest BCUT2D eigenvalue weighted by molar-refractivity contribution is 7.80. The highest BCUT2D eigenvalue weighted by atomic mass is 32.1. The standard InChI is InChI=1S/C15H28N4O5S3/c1-7(2)3-8(16)12(20)17-9(4-25)13(21)18-10(5-26)14(22)19-11(6-27)15(23)24/h7-11,25-27H,3-6,16H2,1-2H3,(H,17,20)(H,18,21)(H,19,22)(H,23,24). The molecule has 0 aliphatic rings. The van der Waals surface area contributed by atoms with Crippen molar-refractivity contribution in [3.05, 3.63) is 0 Å². The lowest BCUT2D eigenvalue weighted by molar-refractivity contribution is -0.141. The molecule has 3 amide bonds. The SMILES string of the molecule is CC(C)CC(N)C(=O)NC(CS)C(=O)NC(CS)C(=O)NC(CS)C(=O)O. The van der Waals surface area contributed by atoms with E-state index in [1.54, 1.807) is 0 Å². The number of thiol groups is 3. The van der Waals surface area contributed by atoms with E-state index in [4.69, 9.17) is 10.8 Å². The van der Waals surface area contributed by atoms with Crippen molar-refractivity contribution in [2.75, 3.05) is 17.3 Å². The Morgan fingerprint density at radius 2 is 1.19 bits per heavy atom. The van der Waals surface area contributed by atoms with Gasteiger partial charge in [0.25, 0.3) is 0 Å². The molecule has 9 nitrogen and oxygen atoms in total. The molecule has 4 unspecified atom stereocenters. The molecule has 0 saturated heterocycles. The minimum absolute atomic E-state index is 0.0126. The highest BCUT2D eigenvalue weighted by Crippen LogP contribution is 2.03. The van der Waals surface area contributed by atoms with E-state index in [0.717, 1.165) is 0 Å². The molecule has 0 radical (unpaired) electrons. The summed E-state index contributed by atoms with van der Waals surface area (Å²) < 4.78 is 0. The lowest BCUT2D eigenvalue weighted by atomic mass is 10.0. The predicted octanol–water partition coefficient (Wildman–Crippen LogP) is -1.31. The minimum atomic E-state index is -1.25. The van der Waals surface area contributed by atoms with Crippen molar-refractivity contribution < 1.29 is 24.3 Å².